The number of Topliss-reactive ketones (excluding diaryl/α,β-unsaturated/α-hetero) is 1. The second-order valence-corrected chi connectivity index (χ2v) is 6.09. The Bertz CT molecular complexity index is 756. The van der Waals surface area contributed by atoms with Gasteiger partial charge in [-0.15, -0.1) is 0 Å². The number of carbonyl (C=O) groups excluding carboxylic acids is 3. The Morgan fingerprint density at radius 2 is 2.23 bits per heavy atom. The van der Waals surface area contributed by atoms with Crippen LogP contribution in [-0.4, -0.2) is 62.6 Å². The largest absolute Gasteiger partial charge is 0.348 e. The van der Waals surface area contributed by atoms with Crippen LogP contribution in [-0.2, 0) is 21.0 Å². The zero-order valence-corrected chi connectivity index (χ0v) is 14.3. The van der Waals surface area contributed by atoms with E-state index in [-0.39, 0.29) is 19.0 Å². The summed E-state index contributed by atoms with van der Waals surface area (Å²) in [7, 11) is 0. The van der Waals surface area contributed by atoms with Crippen LogP contribution in [0.5, 0.6) is 0 Å². The summed E-state index contributed by atoms with van der Waals surface area (Å²) in [4.78, 5) is 50.2. The van der Waals surface area contributed by atoms with Gasteiger partial charge in [-0.2, -0.15) is 5.06 Å². The van der Waals surface area contributed by atoms with Gasteiger partial charge in [-0.3, -0.25) is 19.6 Å². The van der Waals surface area contributed by atoms with Gasteiger partial charge in [0, 0.05) is 19.3 Å². The number of urea groups is 1. The predicted molar refractivity (Wildman–Crippen MR) is 85.8 cm³/mol. The van der Waals surface area contributed by atoms with Gasteiger partial charge in [-0.25, -0.2) is 14.0 Å². The maximum atomic E-state index is 13.6. The molecule has 26 heavy (non-hydrogen) atoms. The van der Waals surface area contributed by atoms with Crippen molar-refractivity contribution in [3.63, 3.8) is 0 Å². The molecule has 3 heterocycles. The molecular formula is C16H18FN5O4. The average Bonchev–Trinajstić information content (AvgIpc) is 2.86. The third kappa shape index (κ3) is 3.40. The molecule has 3 rings (SSSR count). The number of hydrogen-bond acceptors (Lipinski definition) is 6. The van der Waals surface area contributed by atoms with Crippen molar-refractivity contribution >= 4 is 17.7 Å². The van der Waals surface area contributed by atoms with E-state index in [1.54, 1.807) is 13.0 Å². The molecule has 3 amide bonds. The molecule has 0 aromatic carbocycles. The van der Waals surface area contributed by atoms with Crippen molar-refractivity contribution in [2.24, 2.45) is 0 Å². The molecule has 1 aromatic rings. The number of rotatable bonds is 6. The Morgan fingerprint density at radius 3 is 2.88 bits per heavy atom. The first kappa shape index (κ1) is 17.9. The molecule has 0 saturated carbocycles. The molecule has 0 spiro atoms. The van der Waals surface area contributed by atoms with Crippen molar-refractivity contribution in [2.45, 2.75) is 38.8 Å². The molecule has 1 N–H and O–H groups in total. The molecule has 3 atom stereocenters. The van der Waals surface area contributed by atoms with Crippen LogP contribution >= 0.6 is 0 Å². The smallest absolute Gasteiger partial charge is 0.345 e. The predicted octanol–water partition coefficient (Wildman–Crippen LogP) is 0.344. The van der Waals surface area contributed by atoms with Gasteiger partial charge in [-0.1, -0.05) is 6.08 Å². The summed E-state index contributed by atoms with van der Waals surface area (Å²) in [5.74, 6) is -1.23. The van der Waals surface area contributed by atoms with E-state index in [0.717, 1.165) is 12.0 Å². The maximum absolute atomic E-state index is 13.6. The Balaban J connectivity index is 1.70. The SMILES string of the molecule is CC(=O)C(F)ON1C(=O)N2C[C@H]1C=C(C)[C@H]2C(=O)NCc1cnccn1. The Hall–Kier alpha value is -2.88. The second-order valence-electron chi connectivity index (χ2n) is 6.09. The zero-order chi connectivity index (χ0) is 18.8. The quantitative estimate of drug-likeness (QED) is 0.731. The van der Waals surface area contributed by atoms with Gasteiger partial charge in [0.1, 0.15) is 6.04 Å². The second kappa shape index (κ2) is 7.16. The monoisotopic (exact) mass is 363 g/mol. The van der Waals surface area contributed by atoms with Crippen molar-refractivity contribution in [3.05, 3.63) is 35.9 Å². The number of alkyl halides is 1. The van der Waals surface area contributed by atoms with Gasteiger partial charge in [0.05, 0.1) is 31.0 Å². The molecule has 10 heteroatoms. The Kier molecular flexibility index (Phi) is 4.94. The summed E-state index contributed by atoms with van der Waals surface area (Å²) < 4.78 is 13.6. The summed E-state index contributed by atoms with van der Waals surface area (Å²) >= 11 is 0. The minimum Gasteiger partial charge on any atom is -0.348 e. The van der Waals surface area contributed by atoms with Gasteiger partial charge < -0.3 is 10.2 Å². The molecule has 2 aliphatic rings. The van der Waals surface area contributed by atoms with Gasteiger partial charge >= 0.3 is 6.03 Å². The van der Waals surface area contributed by atoms with E-state index in [9.17, 15) is 18.8 Å². The van der Waals surface area contributed by atoms with Crippen molar-refractivity contribution < 1.29 is 23.6 Å². The molecule has 9 nitrogen and oxygen atoms in total. The fourth-order valence-electron chi connectivity index (χ4n) is 2.94. The lowest BCUT2D eigenvalue weighted by Gasteiger charge is -2.29. The number of fused-ring (bicyclic) bond motifs is 2. The van der Waals surface area contributed by atoms with Crippen LogP contribution in [0, 0.1) is 0 Å². The molecule has 2 aliphatic heterocycles. The molecule has 2 bridgehead atoms. The number of ketones is 1. The lowest BCUT2D eigenvalue weighted by atomic mass is 10.00. The highest BCUT2D eigenvalue weighted by Gasteiger charge is 2.48. The highest BCUT2D eigenvalue weighted by molar-refractivity contribution is 5.91. The number of hydroxylamine groups is 2. The van der Waals surface area contributed by atoms with E-state index in [1.165, 1.54) is 23.5 Å². The number of aromatic nitrogens is 2. The molecular weight excluding hydrogens is 345 g/mol. The van der Waals surface area contributed by atoms with Crippen molar-refractivity contribution in [3.8, 4) is 0 Å². The van der Waals surface area contributed by atoms with Crippen LogP contribution in [0.15, 0.2) is 30.2 Å². The van der Waals surface area contributed by atoms with Crippen LogP contribution < -0.4 is 5.32 Å². The van der Waals surface area contributed by atoms with Crippen molar-refractivity contribution in [1.82, 2.24) is 25.2 Å². The lowest BCUT2D eigenvalue weighted by Crippen LogP contribution is -2.50. The van der Waals surface area contributed by atoms with Crippen molar-refractivity contribution in [2.75, 3.05) is 6.54 Å². The normalized spacial score (nSPS) is 22.9. The number of carbonyl (C=O) groups is 3. The lowest BCUT2D eigenvalue weighted by molar-refractivity contribution is -0.206. The van der Waals surface area contributed by atoms with Gasteiger partial charge in [0.15, 0.2) is 5.78 Å². The molecule has 138 valence electrons. The highest BCUT2D eigenvalue weighted by Crippen LogP contribution is 2.30. The number of nitrogens with one attached hydrogen (secondary N) is 1. The van der Waals surface area contributed by atoms with E-state index in [2.05, 4.69) is 15.3 Å². The first-order valence-corrected chi connectivity index (χ1v) is 8.00. The third-order valence-corrected chi connectivity index (χ3v) is 4.15. The van der Waals surface area contributed by atoms with E-state index in [0.29, 0.717) is 11.3 Å². The number of nitrogens with zero attached hydrogens (tertiary/aromatic N) is 4. The summed E-state index contributed by atoms with van der Waals surface area (Å²) in [6, 6.07) is -2.05. The minimum absolute atomic E-state index is 0.166. The van der Waals surface area contributed by atoms with E-state index in [4.69, 9.17) is 4.84 Å². The van der Waals surface area contributed by atoms with Crippen LogP contribution in [0.2, 0.25) is 0 Å². The fourth-order valence-corrected chi connectivity index (χ4v) is 2.94. The maximum Gasteiger partial charge on any atom is 0.345 e. The van der Waals surface area contributed by atoms with Crippen molar-refractivity contribution in [1.29, 1.82) is 0 Å². The van der Waals surface area contributed by atoms with Crippen LogP contribution in [0.1, 0.15) is 19.5 Å². The minimum atomic E-state index is -2.22. The molecule has 1 saturated heterocycles. The Labute approximate surface area is 148 Å². The summed E-state index contributed by atoms with van der Waals surface area (Å²) in [5.41, 5.74) is 1.21. The fraction of sp³-hybridized carbons (Fsp3) is 0.438. The van der Waals surface area contributed by atoms with E-state index < -0.39 is 30.3 Å². The van der Waals surface area contributed by atoms with Crippen LogP contribution in [0.4, 0.5) is 9.18 Å². The third-order valence-electron chi connectivity index (χ3n) is 4.15. The molecule has 1 fully saturated rings. The molecule has 1 aromatic heterocycles. The summed E-state index contributed by atoms with van der Waals surface area (Å²) in [6.07, 6.45) is 4.01. The summed E-state index contributed by atoms with van der Waals surface area (Å²) in [6.45, 7) is 3.07. The van der Waals surface area contributed by atoms with Crippen LogP contribution in [0.3, 0.4) is 0 Å². The first-order chi connectivity index (χ1) is 12.4. The average molecular weight is 363 g/mol. The van der Waals surface area contributed by atoms with Gasteiger partial charge in [0.2, 0.25) is 5.91 Å². The Morgan fingerprint density at radius 1 is 1.46 bits per heavy atom. The molecule has 1 unspecified atom stereocenters. The van der Waals surface area contributed by atoms with Gasteiger partial charge in [-0.05, 0) is 12.5 Å². The summed E-state index contributed by atoms with van der Waals surface area (Å²) in [5, 5.41) is 3.52. The van der Waals surface area contributed by atoms with E-state index in [1.807, 2.05) is 0 Å². The standard InChI is InChI=1S/C16H18FN5O4/c1-9-5-12-8-21(16(25)22(12)26-14(17)10(2)23)13(9)15(24)20-7-11-6-18-3-4-19-11/h3-6,12-14H,7-8H2,1-2H3,(H,20,24)/t12-,13+,14?/m1/s1. The van der Waals surface area contributed by atoms with Crippen LogP contribution in [0.25, 0.3) is 0 Å². The topological polar surface area (TPSA) is 105 Å². The van der Waals surface area contributed by atoms with Gasteiger partial charge in [0.25, 0.3) is 6.36 Å². The highest BCUT2D eigenvalue weighted by atomic mass is 19.1. The first-order valence-electron chi connectivity index (χ1n) is 8.00. The number of hydrogen-bond donors (Lipinski definition) is 1. The molecule has 0 aliphatic carbocycles. The number of amides is 3. The zero-order valence-electron chi connectivity index (χ0n) is 14.3. The number of halogens is 1. The van der Waals surface area contributed by atoms with E-state index >= 15 is 0 Å². The molecule has 0 radical (unpaired) electrons.